The maximum atomic E-state index is 12.3. The van der Waals surface area contributed by atoms with E-state index in [4.69, 9.17) is 13.9 Å². The maximum absolute atomic E-state index is 12.3. The molecule has 1 aromatic heterocycles. The molecule has 0 N–H and O–H groups in total. The van der Waals surface area contributed by atoms with E-state index in [1.54, 1.807) is 30.3 Å². The van der Waals surface area contributed by atoms with Crippen molar-refractivity contribution in [3.63, 3.8) is 0 Å². The summed E-state index contributed by atoms with van der Waals surface area (Å²) in [6, 6.07) is 11.1. The second-order valence-corrected chi connectivity index (χ2v) is 5.17. The molecular formula is C18H13NO6. The van der Waals surface area contributed by atoms with Gasteiger partial charge in [0.25, 0.3) is 0 Å². The SMILES string of the molecule is CC(=O)Oc1ccc2nc(-c3ccccc3OC(C)=O)oc(=O)c2c1. The minimum atomic E-state index is -0.647. The molecule has 2 aromatic carbocycles. The molecule has 0 atom stereocenters. The minimum Gasteiger partial charge on any atom is -0.427 e. The third kappa shape index (κ3) is 3.55. The first-order valence-electron chi connectivity index (χ1n) is 7.35. The number of carbonyl (C=O) groups is 2. The molecule has 0 amide bonds. The van der Waals surface area contributed by atoms with Crippen molar-refractivity contribution in [3.05, 3.63) is 52.9 Å². The molecular weight excluding hydrogens is 326 g/mol. The van der Waals surface area contributed by atoms with E-state index in [1.165, 1.54) is 26.0 Å². The monoisotopic (exact) mass is 339 g/mol. The van der Waals surface area contributed by atoms with Gasteiger partial charge >= 0.3 is 17.6 Å². The molecule has 0 aliphatic heterocycles. The summed E-state index contributed by atoms with van der Waals surface area (Å²) in [4.78, 5) is 38.8. The topological polar surface area (TPSA) is 95.7 Å². The van der Waals surface area contributed by atoms with E-state index in [1.807, 2.05) is 0 Å². The molecule has 0 spiro atoms. The summed E-state index contributed by atoms with van der Waals surface area (Å²) < 4.78 is 15.3. The first-order chi connectivity index (χ1) is 11.9. The minimum absolute atomic E-state index is 0.0228. The lowest BCUT2D eigenvalue weighted by Gasteiger charge is -2.08. The third-order valence-electron chi connectivity index (χ3n) is 3.23. The van der Waals surface area contributed by atoms with Crippen molar-refractivity contribution in [2.24, 2.45) is 0 Å². The van der Waals surface area contributed by atoms with Crippen molar-refractivity contribution >= 4 is 22.8 Å². The van der Waals surface area contributed by atoms with Crippen LogP contribution in [-0.2, 0) is 9.59 Å². The van der Waals surface area contributed by atoms with Gasteiger partial charge in [-0.1, -0.05) is 12.1 Å². The van der Waals surface area contributed by atoms with Gasteiger partial charge in [0.15, 0.2) is 0 Å². The Bertz CT molecular complexity index is 1040. The van der Waals surface area contributed by atoms with Crippen LogP contribution < -0.4 is 15.1 Å². The number of fused-ring (bicyclic) bond motifs is 1. The fourth-order valence-electron chi connectivity index (χ4n) is 2.28. The number of carbonyl (C=O) groups excluding carboxylic acids is 2. The third-order valence-corrected chi connectivity index (χ3v) is 3.23. The molecule has 3 rings (SSSR count). The van der Waals surface area contributed by atoms with Crippen molar-refractivity contribution in [2.45, 2.75) is 13.8 Å². The van der Waals surface area contributed by atoms with Crippen LogP contribution in [0.25, 0.3) is 22.4 Å². The number of rotatable bonds is 3. The van der Waals surface area contributed by atoms with E-state index in [-0.39, 0.29) is 22.8 Å². The molecule has 0 fully saturated rings. The molecule has 0 aliphatic carbocycles. The summed E-state index contributed by atoms with van der Waals surface area (Å²) in [6.07, 6.45) is 0. The van der Waals surface area contributed by atoms with Crippen LogP contribution in [0, 0.1) is 0 Å². The Hall–Kier alpha value is -3.48. The molecule has 0 aliphatic rings. The van der Waals surface area contributed by atoms with Gasteiger partial charge in [-0.05, 0) is 30.3 Å². The smallest absolute Gasteiger partial charge is 0.347 e. The van der Waals surface area contributed by atoms with Gasteiger partial charge in [-0.25, -0.2) is 9.78 Å². The van der Waals surface area contributed by atoms with Crippen LogP contribution in [0.3, 0.4) is 0 Å². The van der Waals surface area contributed by atoms with Crippen LogP contribution >= 0.6 is 0 Å². The van der Waals surface area contributed by atoms with Crippen molar-refractivity contribution < 1.29 is 23.5 Å². The fraction of sp³-hybridized carbons (Fsp3) is 0.111. The Kier molecular flexibility index (Phi) is 4.30. The predicted octanol–water partition coefficient (Wildman–Crippen LogP) is 2.71. The van der Waals surface area contributed by atoms with Crippen LogP contribution in [0.4, 0.5) is 0 Å². The van der Waals surface area contributed by atoms with E-state index in [0.717, 1.165) is 0 Å². The summed E-state index contributed by atoms with van der Waals surface area (Å²) >= 11 is 0. The summed E-state index contributed by atoms with van der Waals surface area (Å²) in [7, 11) is 0. The average Bonchev–Trinajstić information content (AvgIpc) is 2.54. The quantitative estimate of drug-likeness (QED) is 0.534. The van der Waals surface area contributed by atoms with Crippen LogP contribution in [0.5, 0.6) is 11.5 Å². The number of ether oxygens (including phenoxy) is 2. The van der Waals surface area contributed by atoms with E-state index in [2.05, 4.69) is 4.98 Å². The Morgan fingerprint density at radius 3 is 2.44 bits per heavy atom. The number of para-hydroxylation sites is 1. The highest BCUT2D eigenvalue weighted by Gasteiger charge is 2.15. The fourth-order valence-corrected chi connectivity index (χ4v) is 2.28. The maximum Gasteiger partial charge on any atom is 0.347 e. The van der Waals surface area contributed by atoms with Gasteiger partial charge in [0.1, 0.15) is 11.5 Å². The van der Waals surface area contributed by atoms with E-state index in [9.17, 15) is 14.4 Å². The van der Waals surface area contributed by atoms with Crippen LogP contribution in [0.1, 0.15) is 13.8 Å². The van der Waals surface area contributed by atoms with Gasteiger partial charge < -0.3 is 13.9 Å². The lowest BCUT2D eigenvalue weighted by Crippen LogP contribution is -2.07. The van der Waals surface area contributed by atoms with Crippen LogP contribution in [0.2, 0.25) is 0 Å². The Morgan fingerprint density at radius 2 is 1.72 bits per heavy atom. The lowest BCUT2D eigenvalue weighted by molar-refractivity contribution is -0.132. The highest BCUT2D eigenvalue weighted by atomic mass is 16.5. The van der Waals surface area contributed by atoms with Crippen molar-refractivity contribution in [1.82, 2.24) is 4.98 Å². The molecule has 25 heavy (non-hydrogen) atoms. The second-order valence-electron chi connectivity index (χ2n) is 5.17. The van der Waals surface area contributed by atoms with E-state index in [0.29, 0.717) is 11.1 Å². The van der Waals surface area contributed by atoms with Crippen LogP contribution in [0.15, 0.2) is 51.7 Å². The average molecular weight is 339 g/mol. The van der Waals surface area contributed by atoms with Gasteiger partial charge in [-0.3, -0.25) is 9.59 Å². The standard InChI is InChI=1S/C18H13NO6/c1-10(20)23-12-7-8-15-14(9-12)18(22)25-17(19-15)13-5-3-4-6-16(13)24-11(2)21/h3-9H,1-2H3. The summed E-state index contributed by atoms with van der Waals surface area (Å²) in [6.45, 7) is 2.54. The van der Waals surface area contributed by atoms with Gasteiger partial charge in [0.05, 0.1) is 16.5 Å². The van der Waals surface area contributed by atoms with Gasteiger partial charge in [-0.2, -0.15) is 0 Å². The molecule has 0 bridgehead atoms. The molecule has 0 saturated heterocycles. The number of hydrogen-bond acceptors (Lipinski definition) is 7. The Balaban J connectivity index is 2.12. The normalized spacial score (nSPS) is 10.5. The van der Waals surface area contributed by atoms with Crippen molar-refractivity contribution in [2.75, 3.05) is 0 Å². The number of nitrogens with zero attached hydrogens (tertiary/aromatic N) is 1. The molecule has 7 heteroatoms. The predicted molar refractivity (Wildman–Crippen MR) is 88.3 cm³/mol. The van der Waals surface area contributed by atoms with E-state index < -0.39 is 17.6 Å². The zero-order valence-electron chi connectivity index (χ0n) is 13.4. The molecule has 0 saturated carbocycles. The Labute approximate surface area is 141 Å². The largest absolute Gasteiger partial charge is 0.427 e. The van der Waals surface area contributed by atoms with Crippen molar-refractivity contribution in [1.29, 1.82) is 0 Å². The van der Waals surface area contributed by atoms with Crippen molar-refractivity contribution in [3.8, 4) is 23.0 Å². The second kappa shape index (κ2) is 6.56. The molecule has 3 aromatic rings. The number of aromatic nitrogens is 1. The van der Waals surface area contributed by atoms with Gasteiger partial charge in [-0.15, -0.1) is 0 Å². The lowest BCUT2D eigenvalue weighted by atomic mass is 10.2. The zero-order chi connectivity index (χ0) is 18.0. The van der Waals surface area contributed by atoms with Gasteiger partial charge in [0.2, 0.25) is 5.89 Å². The first kappa shape index (κ1) is 16.4. The van der Waals surface area contributed by atoms with Gasteiger partial charge in [0, 0.05) is 13.8 Å². The zero-order valence-corrected chi connectivity index (χ0v) is 13.4. The number of benzene rings is 2. The van der Waals surface area contributed by atoms with Crippen LogP contribution in [-0.4, -0.2) is 16.9 Å². The summed E-state index contributed by atoms with van der Waals surface area (Å²) in [5.41, 5.74) is 0.0900. The summed E-state index contributed by atoms with van der Waals surface area (Å²) in [5, 5.41) is 0.174. The molecule has 7 nitrogen and oxygen atoms in total. The molecule has 0 unspecified atom stereocenters. The molecule has 1 heterocycles. The van der Waals surface area contributed by atoms with E-state index >= 15 is 0 Å². The highest BCUT2D eigenvalue weighted by molar-refractivity contribution is 5.82. The number of hydrogen-bond donors (Lipinski definition) is 0. The molecule has 0 radical (unpaired) electrons. The summed E-state index contributed by atoms with van der Waals surface area (Å²) in [5.74, 6) is -0.511. The first-order valence-corrected chi connectivity index (χ1v) is 7.35. The number of esters is 2. The highest BCUT2D eigenvalue weighted by Crippen LogP contribution is 2.29. The molecule has 126 valence electrons. The Morgan fingerprint density at radius 1 is 1.00 bits per heavy atom.